The van der Waals surface area contributed by atoms with E-state index in [1.54, 1.807) is 0 Å². The zero-order chi connectivity index (χ0) is 22.7. The van der Waals surface area contributed by atoms with Gasteiger partial charge in [0.2, 0.25) is 0 Å². The van der Waals surface area contributed by atoms with E-state index in [0.29, 0.717) is 37.2 Å². The SMILES string of the molecule is OC1CCC(Oc2cccc3onc(OCC4CCN(CC5(O)CCOCC5)CC4)c23)CC1. The van der Waals surface area contributed by atoms with E-state index in [1.807, 2.05) is 18.2 Å². The molecule has 3 fully saturated rings. The molecule has 3 heterocycles. The highest BCUT2D eigenvalue weighted by molar-refractivity contribution is 5.88. The third-order valence-electron chi connectivity index (χ3n) is 7.47. The maximum Gasteiger partial charge on any atom is 0.265 e. The number of ether oxygens (including phenoxy) is 3. The van der Waals surface area contributed by atoms with Crippen LogP contribution in [0.5, 0.6) is 11.6 Å². The second kappa shape index (κ2) is 10.2. The number of benzene rings is 1. The highest BCUT2D eigenvalue weighted by Gasteiger charge is 2.33. The zero-order valence-electron chi connectivity index (χ0n) is 19.3. The summed E-state index contributed by atoms with van der Waals surface area (Å²) in [5.41, 5.74) is 0.0616. The molecule has 1 aliphatic carbocycles. The summed E-state index contributed by atoms with van der Waals surface area (Å²) in [4.78, 5) is 2.38. The van der Waals surface area contributed by atoms with Crippen LogP contribution in [0.25, 0.3) is 11.0 Å². The van der Waals surface area contributed by atoms with E-state index in [0.717, 1.165) is 82.1 Å². The number of fused-ring (bicyclic) bond motifs is 1. The summed E-state index contributed by atoms with van der Waals surface area (Å²) in [6, 6.07) is 5.73. The van der Waals surface area contributed by atoms with Gasteiger partial charge in [0.15, 0.2) is 5.58 Å². The predicted molar refractivity (Wildman–Crippen MR) is 123 cm³/mol. The molecule has 1 aromatic carbocycles. The Kier molecular flexibility index (Phi) is 7.06. The molecule has 0 bridgehead atoms. The van der Waals surface area contributed by atoms with E-state index in [9.17, 15) is 10.2 Å². The van der Waals surface area contributed by atoms with Gasteiger partial charge in [-0.15, -0.1) is 0 Å². The van der Waals surface area contributed by atoms with Crippen molar-refractivity contribution in [2.24, 2.45) is 5.92 Å². The van der Waals surface area contributed by atoms with Gasteiger partial charge in [-0.1, -0.05) is 6.07 Å². The number of hydrogen-bond acceptors (Lipinski definition) is 8. The molecule has 0 unspecified atom stereocenters. The molecule has 8 nitrogen and oxygen atoms in total. The van der Waals surface area contributed by atoms with Gasteiger partial charge in [0, 0.05) is 32.6 Å². The average molecular weight is 461 g/mol. The molecule has 5 rings (SSSR count). The van der Waals surface area contributed by atoms with E-state index < -0.39 is 5.60 Å². The molecule has 0 amide bonds. The Morgan fingerprint density at radius 2 is 1.82 bits per heavy atom. The van der Waals surface area contributed by atoms with E-state index in [4.69, 9.17) is 18.7 Å². The van der Waals surface area contributed by atoms with Crippen LogP contribution >= 0.6 is 0 Å². The van der Waals surface area contributed by atoms with Crippen molar-refractivity contribution in [3.63, 3.8) is 0 Å². The maximum absolute atomic E-state index is 10.8. The number of likely N-dealkylation sites (tertiary alicyclic amines) is 1. The van der Waals surface area contributed by atoms with E-state index >= 15 is 0 Å². The first-order valence-corrected chi connectivity index (χ1v) is 12.5. The standard InChI is InChI=1S/C25H36N2O6/c28-19-4-6-20(7-5-19)32-21-2-1-3-22-23(21)24(26-33-22)31-16-18-8-12-27(13-9-18)17-25(29)10-14-30-15-11-25/h1-3,18-20,28-29H,4-17H2. The van der Waals surface area contributed by atoms with Gasteiger partial charge in [0.1, 0.15) is 11.1 Å². The second-order valence-electron chi connectivity index (χ2n) is 10.0. The van der Waals surface area contributed by atoms with Gasteiger partial charge in [-0.25, -0.2) is 0 Å². The topological polar surface area (TPSA) is 97.4 Å². The third-order valence-corrected chi connectivity index (χ3v) is 7.47. The lowest BCUT2D eigenvalue weighted by atomic mass is 9.91. The van der Waals surface area contributed by atoms with Gasteiger partial charge in [0.05, 0.1) is 24.4 Å². The van der Waals surface area contributed by atoms with E-state index in [2.05, 4.69) is 10.1 Å². The minimum atomic E-state index is -0.603. The van der Waals surface area contributed by atoms with Crippen LogP contribution < -0.4 is 9.47 Å². The zero-order valence-corrected chi connectivity index (χ0v) is 19.3. The van der Waals surface area contributed by atoms with Crippen LogP contribution in [0.4, 0.5) is 0 Å². The van der Waals surface area contributed by atoms with Crippen LogP contribution in [-0.2, 0) is 4.74 Å². The summed E-state index contributed by atoms with van der Waals surface area (Å²) >= 11 is 0. The minimum absolute atomic E-state index is 0.0941. The van der Waals surface area contributed by atoms with Gasteiger partial charge in [-0.2, -0.15) is 0 Å². The smallest absolute Gasteiger partial charge is 0.265 e. The summed E-state index contributed by atoms with van der Waals surface area (Å²) in [5, 5.41) is 25.5. The van der Waals surface area contributed by atoms with Gasteiger partial charge in [0.25, 0.3) is 5.88 Å². The van der Waals surface area contributed by atoms with E-state index in [-0.39, 0.29) is 12.2 Å². The van der Waals surface area contributed by atoms with Crippen LogP contribution in [0.15, 0.2) is 22.7 Å². The molecule has 2 saturated heterocycles. The summed E-state index contributed by atoms with van der Waals surface area (Å²) in [6.07, 6.45) is 6.65. The van der Waals surface area contributed by atoms with Crippen molar-refractivity contribution in [2.75, 3.05) is 39.5 Å². The summed E-state index contributed by atoms with van der Waals surface area (Å²) in [5.74, 6) is 1.69. The third kappa shape index (κ3) is 5.62. The van der Waals surface area contributed by atoms with Crippen molar-refractivity contribution in [2.45, 2.75) is 69.2 Å². The molecular weight excluding hydrogens is 424 g/mol. The first kappa shape index (κ1) is 22.9. The molecular formula is C25H36N2O6. The van der Waals surface area contributed by atoms with E-state index in [1.165, 1.54) is 0 Å². The number of aliphatic hydroxyl groups is 2. The molecule has 33 heavy (non-hydrogen) atoms. The number of hydrogen-bond donors (Lipinski definition) is 2. The molecule has 1 saturated carbocycles. The van der Waals surface area contributed by atoms with Crippen LogP contribution in [0.3, 0.4) is 0 Å². The Labute approximate surface area is 194 Å². The van der Waals surface area contributed by atoms with Crippen molar-refractivity contribution in [1.29, 1.82) is 0 Å². The van der Waals surface area contributed by atoms with Crippen molar-refractivity contribution in [1.82, 2.24) is 10.1 Å². The highest BCUT2D eigenvalue weighted by atomic mass is 16.5. The molecule has 2 aliphatic heterocycles. The fraction of sp³-hybridized carbons (Fsp3) is 0.720. The van der Waals surface area contributed by atoms with Crippen LogP contribution in [0.1, 0.15) is 51.4 Å². The van der Waals surface area contributed by atoms with Gasteiger partial charge in [-0.05, 0) is 74.8 Å². The molecule has 0 spiro atoms. The quantitative estimate of drug-likeness (QED) is 0.650. The first-order valence-electron chi connectivity index (χ1n) is 12.5. The number of aliphatic hydroxyl groups excluding tert-OH is 1. The Balaban J connectivity index is 1.15. The number of nitrogens with zero attached hydrogens (tertiary/aromatic N) is 2. The number of β-amino-alcohol motifs (C(OH)–C–C–N with tert-alkyl or cyclic N) is 1. The average Bonchev–Trinajstić information content (AvgIpc) is 3.24. The molecule has 0 radical (unpaired) electrons. The highest BCUT2D eigenvalue weighted by Crippen LogP contribution is 2.36. The first-order chi connectivity index (χ1) is 16.1. The van der Waals surface area contributed by atoms with Crippen LogP contribution in [0, 0.1) is 5.92 Å². The minimum Gasteiger partial charge on any atom is -0.489 e. The number of rotatable bonds is 7. The predicted octanol–water partition coefficient (Wildman–Crippen LogP) is 3.14. The van der Waals surface area contributed by atoms with Crippen molar-refractivity contribution in [3.8, 4) is 11.6 Å². The summed E-state index contributed by atoms with van der Waals surface area (Å²) < 4.78 is 23.3. The maximum atomic E-state index is 10.8. The van der Waals surface area contributed by atoms with Crippen molar-refractivity contribution in [3.05, 3.63) is 18.2 Å². The number of piperidine rings is 1. The lowest BCUT2D eigenvalue weighted by molar-refractivity contribution is -0.0834. The van der Waals surface area contributed by atoms with Gasteiger partial charge in [-0.3, -0.25) is 0 Å². The monoisotopic (exact) mass is 460 g/mol. The Bertz CT molecular complexity index is 895. The van der Waals surface area contributed by atoms with Crippen LogP contribution in [-0.4, -0.2) is 77.5 Å². The molecule has 1 aromatic heterocycles. The largest absolute Gasteiger partial charge is 0.489 e. The fourth-order valence-electron chi connectivity index (χ4n) is 5.31. The summed E-state index contributed by atoms with van der Waals surface area (Å²) in [7, 11) is 0. The molecule has 8 heteroatoms. The Morgan fingerprint density at radius 1 is 1.06 bits per heavy atom. The molecule has 2 N–H and O–H groups in total. The van der Waals surface area contributed by atoms with Crippen molar-refractivity contribution >= 4 is 11.0 Å². The molecule has 0 atom stereocenters. The van der Waals surface area contributed by atoms with Gasteiger partial charge < -0.3 is 33.8 Å². The Morgan fingerprint density at radius 3 is 2.58 bits per heavy atom. The van der Waals surface area contributed by atoms with Crippen molar-refractivity contribution < 1.29 is 28.9 Å². The molecule has 182 valence electrons. The van der Waals surface area contributed by atoms with Crippen LogP contribution in [0.2, 0.25) is 0 Å². The lowest BCUT2D eigenvalue weighted by Gasteiger charge is -2.39. The normalized spacial score (nSPS) is 27.0. The second-order valence-corrected chi connectivity index (χ2v) is 10.0. The van der Waals surface area contributed by atoms with Gasteiger partial charge >= 0.3 is 0 Å². The Hall–Kier alpha value is -1.87. The molecule has 2 aromatic rings. The molecule has 3 aliphatic rings. The lowest BCUT2D eigenvalue weighted by Crippen LogP contribution is -2.49. The number of aromatic nitrogens is 1. The summed E-state index contributed by atoms with van der Waals surface area (Å²) in [6.45, 7) is 4.58. The fourth-order valence-corrected chi connectivity index (χ4v) is 5.31.